The zero-order valence-corrected chi connectivity index (χ0v) is 14.1. The summed E-state index contributed by atoms with van der Waals surface area (Å²) in [7, 11) is 0. The number of imide groups is 1. The predicted molar refractivity (Wildman–Crippen MR) is 94.3 cm³/mol. The molecule has 0 aliphatic carbocycles. The van der Waals surface area contributed by atoms with Crippen molar-refractivity contribution in [2.45, 2.75) is 20.4 Å². The number of anilines is 1. The van der Waals surface area contributed by atoms with E-state index in [1.807, 2.05) is 32.0 Å². The SMILES string of the molecule is Cc1ccc(NC(=O)c2ccccc2CN2C(=O)CNC2=O)cc1C. The van der Waals surface area contributed by atoms with Gasteiger partial charge in [0.05, 0.1) is 13.1 Å². The zero-order valence-electron chi connectivity index (χ0n) is 14.1. The quantitative estimate of drug-likeness (QED) is 0.842. The molecule has 1 heterocycles. The van der Waals surface area contributed by atoms with Gasteiger partial charge in [0.15, 0.2) is 0 Å². The van der Waals surface area contributed by atoms with Gasteiger partial charge in [-0.05, 0) is 48.7 Å². The van der Waals surface area contributed by atoms with Crippen molar-refractivity contribution in [3.05, 3.63) is 64.7 Å². The third-order valence-electron chi connectivity index (χ3n) is 4.29. The van der Waals surface area contributed by atoms with E-state index in [9.17, 15) is 14.4 Å². The minimum Gasteiger partial charge on any atom is -0.329 e. The Kier molecular flexibility index (Phi) is 4.52. The van der Waals surface area contributed by atoms with Gasteiger partial charge in [-0.1, -0.05) is 24.3 Å². The largest absolute Gasteiger partial charge is 0.329 e. The Morgan fingerprint density at radius 2 is 1.88 bits per heavy atom. The van der Waals surface area contributed by atoms with Crippen LogP contribution in [0.4, 0.5) is 10.5 Å². The third-order valence-corrected chi connectivity index (χ3v) is 4.29. The van der Waals surface area contributed by atoms with Crippen molar-refractivity contribution in [1.29, 1.82) is 0 Å². The van der Waals surface area contributed by atoms with Crippen molar-refractivity contribution in [3.63, 3.8) is 0 Å². The summed E-state index contributed by atoms with van der Waals surface area (Å²) in [5.41, 5.74) is 4.00. The second-order valence-electron chi connectivity index (χ2n) is 6.05. The lowest BCUT2D eigenvalue weighted by Crippen LogP contribution is -2.31. The first-order valence-corrected chi connectivity index (χ1v) is 8.00. The molecule has 2 aromatic rings. The van der Waals surface area contributed by atoms with Crippen molar-refractivity contribution < 1.29 is 14.4 Å². The third kappa shape index (κ3) is 3.52. The Bertz CT molecular complexity index is 845. The first kappa shape index (κ1) is 16.7. The molecule has 4 amide bonds. The maximum absolute atomic E-state index is 12.7. The second kappa shape index (κ2) is 6.76. The van der Waals surface area contributed by atoms with E-state index in [-0.39, 0.29) is 24.9 Å². The zero-order chi connectivity index (χ0) is 18.0. The van der Waals surface area contributed by atoms with Crippen LogP contribution < -0.4 is 10.6 Å². The molecule has 25 heavy (non-hydrogen) atoms. The molecule has 0 spiro atoms. The van der Waals surface area contributed by atoms with E-state index in [4.69, 9.17) is 0 Å². The standard InChI is InChI=1S/C19H19N3O3/c1-12-7-8-15(9-13(12)2)21-18(24)16-6-4-3-5-14(16)11-22-17(23)10-20-19(22)25/h3-9H,10-11H2,1-2H3,(H,20,25)(H,21,24). The number of nitrogens with zero attached hydrogens (tertiary/aromatic N) is 1. The smallest absolute Gasteiger partial charge is 0.324 e. The van der Waals surface area contributed by atoms with Crippen LogP contribution in [-0.4, -0.2) is 29.3 Å². The average molecular weight is 337 g/mol. The Balaban J connectivity index is 1.82. The fourth-order valence-corrected chi connectivity index (χ4v) is 2.68. The van der Waals surface area contributed by atoms with E-state index in [1.54, 1.807) is 24.3 Å². The van der Waals surface area contributed by atoms with Crippen LogP contribution >= 0.6 is 0 Å². The highest BCUT2D eigenvalue weighted by Gasteiger charge is 2.29. The molecule has 6 nitrogen and oxygen atoms in total. The van der Waals surface area contributed by atoms with E-state index in [0.717, 1.165) is 16.0 Å². The van der Waals surface area contributed by atoms with Gasteiger partial charge in [-0.15, -0.1) is 0 Å². The lowest BCUT2D eigenvalue weighted by Gasteiger charge is -2.15. The van der Waals surface area contributed by atoms with Crippen molar-refractivity contribution in [1.82, 2.24) is 10.2 Å². The minimum absolute atomic E-state index is 0.00413. The fourth-order valence-electron chi connectivity index (χ4n) is 2.68. The van der Waals surface area contributed by atoms with Gasteiger partial charge in [-0.25, -0.2) is 4.79 Å². The van der Waals surface area contributed by atoms with Gasteiger partial charge in [0.2, 0.25) is 5.91 Å². The maximum Gasteiger partial charge on any atom is 0.324 e. The lowest BCUT2D eigenvalue weighted by atomic mass is 10.1. The lowest BCUT2D eigenvalue weighted by molar-refractivity contribution is -0.125. The highest BCUT2D eigenvalue weighted by molar-refractivity contribution is 6.06. The summed E-state index contributed by atoms with van der Waals surface area (Å²) in [6.07, 6.45) is 0. The summed E-state index contributed by atoms with van der Waals surface area (Å²) in [5.74, 6) is -0.569. The monoisotopic (exact) mass is 337 g/mol. The average Bonchev–Trinajstić information content (AvgIpc) is 2.90. The van der Waals surface area contributed by atoms with E-state index in [2.05, 4.69) is 10.6 Å². The number of amides is 4. The molecule has 2 N–H and O–H groups in total. The Labute approximate surface area is 145 Å². The number of hydrogen-bond donors (Lipinski definition) is 2. The van der Waals surface area contributed by atoms with Crippen molar-refractivity contribution >= 4 is 23.5 Å². The summed E-state index contributed by atoms with van der Waals surface area (Å²) in [5, 5.41) is 5.35. The number of benzene rings is 2. The van der Waals surface area contributed by atoms with Crippen LogP contribution in [0.2, 0.25) is 0 Å². The molecular weight excluding hydrogens is 318 g/mol. The highest BCUT2D eigenvalue weighted by Crippen LogP contribution is 2.18. The van der Waals surface area contributed by atoms with E-state index in [0.29, 0.717) is 16.8 Å². The number of nitrogens with one attached hydrogen (secondary N) is 2. The molecule has 128 valence electrons. The molecule has 6 heteroatoms. The molecule has 0 unspecified atom stereocenters. The topological polar surface area (TPSA) is 78.5 Å². The molecule has 1 saturated heterocycles. The van der Waals surface area contributed by atoms with Gasteiger partial charge in [0, 0.05) is 11.3 Å². The molecule has 0 bridgehead atoms. The van der Waals surface area contributed by atoms with Gasteiger partial charge in [0.25, 0.3) is 5.91 Å². The predicted octanol–water partition coefficient (Wildman–Crippen LogP) is 2.61. The minimum atomic E-state index is -0.436. The summed E-state index contributed by atoms with van der Waals surface area (Å²) < 4.78 is 0. The van der Waals surface area contributed by atoms with Crippen LogP contribution in [0.5, 0.6) is 0 Å². The molecule has 0 radical (unpaired) electrons. The molecule has 1 aliphatic heterocycles. The fraction of sp³-hybridized carbons (Fsp3) is 0.211. The summed E-state index contributed by atoms with van der Waals surface area (Å²) in [6.45, 7) is 4.06. The van der Waals surface area contributed by atoms with Crippen LogP contribution in [0, 0.1) is 13.8 Å². The molecule has 3 rings (SSSR count). The number of carbonyl (C=O) groups is 3. The molecule has 2 aromatic carbocycles. The number of carbonyl (C=O) groups excluding carboxylic acids is 3. The van der Waals surface area contributed by atoms with Crippen LogP contribution in [0.1, 0.15) is 27.0 Å². The molecule has 1 aliphatic rings. The number of rotatable bonds is 4. The van der Waals surface area contributed by atoms with Crippen LogP contribution in [0.3, 0.4) is 0 Å². The molecule has 1 fully saturated rings. The van der Waals surface area contributed by atoms with Crippen molar-refractivity contribution in [3.8, 4) is 0 Å². The van der Waals surface area contributed by atoms with Gasteiger partial charge in [-0.3, -0.25) is 14.5 Å². The first-order valence-electron chi connectivity index (χ1n) is 8.00. The van der Waals surface area contributed by atoms with E-state index in [1.165, 1.54) is 0 Å². The summed E-state index contributed by atoms with van der Waals surface area (Å²) in [4.78, 5) is 37.3. The highest BCUT2D eigenvalue weighted by atomic mass is 16.2. The Morgan fingerprint density at radius 1 is 1.12 bits per heavy atom. The van der Waals surface area contributed by atoms with Crippen LogP contribution in [0.25, 0.3) is 0 Å². The summed E-state index contributed by atoms with van der Waals surface area (Å²) in [6, 6.07) is 12.2. The van der Waals surface area contributed by atoms with Gasteiger partial charge in [0.1, 0.15) is 0 Å². The molecular formula is C19H19N3O3. The van der Waals surface area contributed by atoms with Crippen molar-refractivity contribution in [2.24, 2.45) is 0 Å². The summed E-state index contributed by atoms with van der Waals surface area (Å²) >= 11 is 0. The number of aryl methyl sites for hydroxylation is 2. The van der Waals surface area contributed by atoms with Crippen LogP contribution in [0.15, 0.2) is 42.5 Å². The normalized spacial score (nSPS) is 13.8. The second-order valence-corrected chi connectivity index (χ2v) is 6.05. The molecule has 0 saturated carbocycles. The van der Waals surface area contributed by atoms with E-state index >= 15 is 0 Å². The number of urea groups is 1. The first-order chi connectivity index (χ1) is 12.0. The van der Waals surface area contributed by atoms with Crippen LogP contribution in [-0.2, 0) is 11.3 Å². The van der Waals surface area contributed by atoms with Crippen molar-refractivity contribution in [2.75, 3.05) is 11.9 Å². The molecule has 0 aromatic heterocycles. The Morgan fingerprint density at radius 3 is 2.56 bits per heavy atom. The van der Waals surface area contributed by atoms with Gasteiger partial charge in [-0.2, -0.15) is 0 Å². The van der Waals surface area contributed by atoms with Gasteiger partial charge < -0.3 is 10.6 Å². The molecule has 0 atom stereocenters. The Hall–Kier alpha value is -3.15. The maximum atomic E-state index is 12.7. The number of hydrogen-bond acceptors (Lipinski definition) is 3. The van der Waals surface area contributed by atoms with E-state index < -0.39 is 6.03 Å². The van der Waals surface area contributed by atoms with Gasteiger partial charge >= 0.3 is 6.03 Å².